The molecule has 28 heavy (non-hydrogen) atoms. The van der Waals surface area contributed by atoms with E-state index in [9.17, 15) is 0 Å². The summed E-state index contributed by atoms with van der Waals surface area (Å²) in [6.45, 7) is 4.50. The van der Waals surface area contributed by atoms with Crippen LogP contribution in [0.3, 0.4) is 0 Å². The molecule has 0 aliphatic carbocycles. The minimum absolute atomic E-state index is 0.114. The maximum Gasteiger partial charge on any atom is 0.331 e. The third-order valence-corrected chi connectivity index (χ3v) is 5.48. The van der Waals surface area contributed by atoms with Crippen molar-refractivity contribution in [1.82, 2.24) is 9.79 Å². The molecule has 3 nitrogen and oxygen atoms in total. The molecule has 0 bridgehead atoms. The quantitative estimate of drug-likeness (QED) is 0.648. The fraction of sp³-hybridized carbons (Fsp3) is 0.0833. The van der Waals surface area contributed by atoms with Crippen LogP contribution in [0, 0.1) is 13.8 Å². The SMILES string of the molecule is Cc1cccc(C)c1B1c2ccc(-c3ccccn3)cc2N=C2C=CC=CN12. The van der Waals surface area contributed by atoms with E-state index in [0.717, 1.165) is 22.8 Å². The van der Waals surface area contributed by atoms with E-state index in [4.69, 9.17) is 4.99 Å². The lowest BCUT2D eigenvalue weighted by Gasteiger charge is -2.35. The topological polar surface area (TPSA) is 28.5 Å². The largest absolute Gasteiger partial charge is 0.368 e. The summed E-state index contributed by atoms with van der Waals surface area (Å²) in [5.74, 6) is 0.973. The Bertz CT molecular complexity index is 1130. The van der Waals surface area contributed by atoms with Crippen molar-refractivity contribution in [3.63, 3.8) is 0 Å². The minimum atomic E-state index is 0.114. The van der Waals surface area contributed by atoms with Crippen LogP contribution >= 0.6 is 0 Å². The Kier molecular flexibility index (Phi) is 3.98. The van der Waals surface area contributed by atoms with Crippen LogP contribution in [0.4, 0.5) is 5.69 Å². The molecule has 0 saturated carbocycles. The lowest BCUT2D eigenvalue weighted by Crippen LogP contribution is -2.59. The van der Waals surface area contributed by atoms with Crippen LogP contribution in [0.5, 0.6) is 0 Å². The van der Waals surface area contributed by atoms with Gasteiger partial charge in [0.25, 0.3) is 0 Å². The highest BCUT2D eigenvalue weighted by molar-refractivity contribution is 6.87. The third kappa shape index (κ3) is 2.69. The average Bonchev–Trinajstić information content (AvgIpc) is 2.73. The molecule has 2 aromatic carbocycles. The van der Waals surface area contributed by atoms with E-state index >= 15 is 0 Å². The smallest absolute Gasteiger partial charge is 0.331 e. The van der Waals surface area contributed by atoms with Crippen molar-refractivity contribution in [1.29, 1.82) is 0 Å². The van der Waals surface area contributed by atoms with Crippen LogP contribution in [-0.4, -0.2) is 22.5 Å². The van der Waals surface area contributed by atoms with Crippen LogP contribution in [0.2, 0.25) is 0 Å². The highest BCUT2D eigenvalue weighted by Gasteiger charge is 2.36. The molecular weight excluding hydrogens is 341 g/mol. The highest BCUT2D eigenvalue weighted by Crippen LogP contribution is 2.27. The molecule has 2 aliphatic rings. The molecule has 5 rings (SSSR count). The van der Waals surface area contributed by atoms with E-state index in [-0.39, 0.29) is 6.85 Å². The lowest BCUT2D eigenvalue weighted by atomic mass is 9.46. The zero-order chi connectivity index (χ0) is 19.1. The van der Waals surface area contributed by atoms with Crippen molar-refractivity contribution in [3.05, 3.63) is 96.3 Å². The normalized spacial score (nSPS) is 14.6. The molecule has 0 spiro atoms. The third-order valence-electron chi connectivity index (χ3n) is 5.48. The Morgan fingerprint density at radius 3 is 2.54 bits per heavy atom. The summed E-state index contributed by atoms with van der Waals surface area (Å²) < 4.78 is 0. The van der Waals surface area contributed by atoms with E-state index in [0.29, 0.717) is 0 Å². The van der Waals surface area contributed by atoms with Gasteiger partial charge in [0.2, 0.25) is 0 Å². The lowest BCUT2D eigenvalue weighted by molar-refractivity contribution is 0.863. The molecule has 0 amide bonds. The summed E-state index contributed by atoms with van der Waals surface area (Å²) in [5.41, 5.74) is 8.25. The average molecular weight is 361 g/mol. The molecule has 3 aromatic rings. The van der Waals surface area contributed by atoms with Crippen LogP contribution < -0.4 is 10.9 Å². The van der Waals surface area contributed by atoms with Gasteiger partial charge in [0.05, 0.1) is 11.4 Å². The number of aryl methyl sites for hydroxylation is 2. The summed E-state index contributed by atoms with van der Waals surface area (Å²) in [6, 6.07) is 19.0. The van der Waals surface area contributed by atoms with E-state index in [1.165, 1.54) is 22.1 Å². The van der Waals surface area contributed by atoms with E-state index < -0.39 is 0 Å². The molecule has 0 N–H and O–H groups in total. The van der Waals surface area contributed by atoms with Crippen LogP contribution in [-0.2, 0) is 0 Å². The number of aliphatic imine (C=N–C) groups is 1. The number of hydrogen-bond acceptors (Lipinski definition) is 3. The van der Waals surface area contributed by atoms with Gasteiger partial charge in [-0.15, -0.1) is 0 Å². The minimum Gasteiger partial charge on any atom is -0.368 e. The Morgan fingerprint density at radius 2 is 1.75 bits per heavy atom. The van der Waals surface area contributed by atoms with Crippen molar-refractivity contribution in [2.45, 2.75) is 13.8 Å². The number of benzene rings is 2. The number of hydrogen-bond donors (Lipinski definition) is 0. The second-order valence-corrected chi connectivity index (χ2v) is 7.27. The molecule has 1 aromatic heterocycles. The molecule has 0 saturated heterocycles. The standard InChI is InChI=1S/C24H20BN3/c1-17-8-7-9-18(2)24(17)25-20-13-12-19(21-10-3-5-14-26-21)16-22(20)27-23-11-4-6-15-28(23)25/h3-16H,1-2H3. The number of fused-ring (bicyclic) bond motifs is 2. The monoisotopic (exact) mass is 361 g/mol. The second kappa shape index (κ2) is 6.64. The Morgan fingerprint density at radius 1 is 0.893 bits per heavy atom. The van der Waals surface area contributed by atoms with Gasteiger partial charge >= 0.3 is 6.85 Å². The zero-order valence-electron chi connectivity index (χ0n) is 16.0. The Hall–Kier alpha value is -3.40. The van der Waals surface area contributed by atoms with Crippen molar-refractivity contribution in [3.8, 4) is 11.3 Å². The molecule has 2 aliphatic heterocycles. The van der Waals surface area contributed by atoms with Gasteiger partial charge in [-0.1, -0.05) is 53.6 Å². The van der Waals surface area contributed by atoms with Crippen molar-refractivity contribution in [2.75, 3.05) is 0 Å². The first kappa shape index (κ1) is 16.8. The van der Waals surface area contributed by atoms with Crippen molar-refractivity contribution < 1.29 is 0 Å². The van der Waals surface area contributed by atoms with E-state index in [2.05, 4.69) is 78.4 Å². The molecule has 4 heteroatoms. The fourth-order valence-electron chi connectivity index (χ4n) is 4.15. The van der Waals surface area contributed by atoms with E-state index in [1.54, 1.807) is 0 Å². The van der Waals surface area contributed by atoms with Gasteiger partial charge in [-0.3, -0.25) is 4.98 Å². The predicted molar refractivity (Wildman–Crippen MR) is 118 cm³/mol. The maximum atomic E-state index is 4.97. The number of aromatic nitrogens is 1. The Balaban J connectivity index is 1.72. The zero-order valence-corrected chi connectivity index (χ0v) is 16.0. The summed E-state index contributed by atoms with van der Waals surface area (Å²) in [7, 11) is 0. The number of allylic oxidation sites excluding steroid dienone is 2. The highest BCUT2D eigenvalue weighted by atomic mass is 15.1. The number of rotatable bonds is 2. The van der Waals surface area contributed by atoms with Crippen molar-refractivity contribution in [2.24, 2.45) is 4.99 Å². The van der Waals surface area contributed by atoms with Gasteiger partial charge in [0.15, 0.2) is 0 Å². The molecule has 0 fully saturated rings. The molecule has 0 atom stereocenters. The van der Waals surface area contributed by atoms with Crippen LogP contribution in [0.25, 0.3) is 11.3 Å². The fourth-order valence-corrected chi connectivity index (χ4v) is 4.15. The van der Waals surface area contributed by atoms with Crippen molar-refractivity contribution >= 4 is 29.3 Å². The van der Waals surface area contributed by atoms with Gasteiger partial charge in [-0.2, -0.15) is 0 Å². The first-order valence-corrected chi connectivity index (χ1v) is 9.56. The molecule has 0 radical (unpaired) electrons. The molecular formula is C24H20BN3. The summed E-state index contributed by atoms with van der Waals surface area (Å²) in [6.07, 6.45) is 10.2. The van der Waals surface area contributed by atoms with Gasteiger partial charge in [-0.25, -0.2) is 4.99 Å². The van der Waals surface area contributed by atoms with Gasteiger partial charge < -0.3 is 4.81 Å². The first-order valence-electron chi connectivity index (χ1n) is 9.56. The van der Waals surface area contributed by atoms with Gasteiger partial charge in [0, 0.05) is 11.8 Å². The number of pyridine rings is 1. The van der Waals surface area contributed by atoms with Crippen LogP contribution in [0.15, 0.2) is 90.2 Å². The summed E-state index contributed by atoms with van der Waals surface area (Å²) in [4.78, 5) is 11.7. The molecule has 0 unspecified atom stereocenters. The maximum absolute atomic E-state index is 4.97. The van der Waals surface area contributed by atoms with E-state index in [1.807, 2.05) is 30.5 Å². The summed E-state index contributed by atoms with van der Waals surface area (Å²) in [5, 5.41) is 0. The first-order chi connectivity index (χ1) is 13.7. The Labute approximate surface area is 165 Å². The summed E-state index contributed by atoms with van der Waals surface area (Å²) >= 11 is 0. The van der Waals surface area contributed by atoms with Gasteiger partial charge in [0.1, 0.15) is 5.84 Å². The number of nitrogens with zero attached hydrogens (tertiary/aromatic N) is 3. The van der Waals surface area contributed by atoms with Crippen LogP contribution in [0.1, 0.15) is 11.1 Å². The molecule has 134 valence electrons. The predicted octanol–water partition coefficient (Wildman–Crippen LogP) is 3.90. The van der Waals surface area contributed by atoms with Gasteiger partial charge in [-0.05, 0) is 61.3 Å². The molecule has 3 heterocycles. The number of amidine groups is 1. The second-order valence-electron chi connectivity index (χ2n) is 7.27.